The molecular weight excluding hydrogens is 296 g/mol. The molecule has 0 aliphatic heterocycles. The molecular formula is C21H26N2O. The zero-order chi connectivity index (χ0) is 17.1. The number of hydrogen-bond donors (Lipinski definition) is 2. The van der Waals surface area contributed by atoms with Crippen molar-refractivity contribution in [2.45, 2.75) is 39.8 Å². The van der Waals surface area contributed by atoms with Crippen molar-refractivity contribution in [2.24, 2.45) is 0 Å². The van der Waals surface area contributed by atoms with Crippen molar-refractivity contribution in [2.75, 3.05) is 6.61 Å². The summed E-state index contributed by atoms with van der Waals surface area (Å²) in [5.41, 5.74) is 5.00. The summed E-state index contributed by atoms with van der Waals surface area (Å²) in [4.78, 5) is 0. The molecule has 3 heteroatoms. The fraction of sp³-hybridized carbons (Fsp3) is 0.333. The molecule has 0 saturated heterocycles. The number of aromatic nitrogens is 1. The fourth-order valence-corrected chi connectivity index (χ4v) is 3.37. The van der Waals surface area contributed by atoms with E-state index < -0.39 is 0 Å². The minimum atomic E-state index is 0.158. The Labute approximate surface area is 143 Å². The predicted octanol–water partition coefficient (Wildman–Crippen LogP) is 4.11. The zero-order valence-electron chi connectivity index (χ0n) is 14.7. The van der Waals surface area contributed by atoms with Gasteiger partial charge >= 0.3 is 0 Å². The second-order valence-electron chi connectivity index (χ2n) is 6.40. The summed E-state index contributed by atoms with van der Waals surface area (Å²) >= 11 is 0. The van der Waals surface area contributed by atoms with E-state index in [1.807, 2.05) is 0 Å². The molecule has 1 unspecified atom stereocenters. The Bertz CT molecular complexity index is 826. The van der Waals surface area contributed by atoms with E-state index in [1.165, 1.54) is 33.4 Å². The van der Waals surface area contributed by atoms with Crippen LogP contribution in [0.3, 0.4) is 0 Å². The first-order valence-corrected chi connectivity index (χ1v) is 8.66. The van der Waals surface area contributed by atoms with Gasteiger partial charge in [-0.05, 0) is 43.4 Å². The highest BCUT2D eigenvalue weighted by Gasteiger charge is 2.13. The number of aryl methyl sites for hydroxylation is 1. The van der Waals surface area contributed by atoms with Crippen LogP contribution >= 0.6 is 0 Å². The summed E-state index contributed by atoms with van der Waals surface area (Å²) in [7, 11) is 0. The van der Waals surface area contributed by atoms with Gasteiger partial charge in [0.05, 0.1) is 12.3 Å². The Morgan fingerprint density at radius 1 is 1.08 bits per heavy atom. The molecule has 3 rings (SSSR count). The van der Waals surface area contributed by atoms with Crippen molar-refractivity contribution in [1.29, 1.82) is 0 Å². The summed E-state index contributed by atoms with van der Waals surface area (Å²) in [5.74, 6) is 0. The minimum Gasteiger partial charge on any atom is -0.395 e. The summed E-state index contributed by atoms with van der Waals surface area (Å²) in [6.45, 7) is 7.38. The first-order valence-electron chi connectivity index (χ1n) is 8.66. The van der Waals surface area contributed by atoms with Crippen molar-refractivity contribution in [3.63, 3.8) is 0 Å². The summed E-state index contributed by atoms with van der Waals surface area (Å²) in [6.07, 6.45) is 0.929. The van der Waals surface area contributed by atoms with Gasteiger partial charge in [0.2, 0.25) is 0 Å². The van der Waals surface area contributed by atoms with Gasteiger partial charge in [-0.2, -0.15) is 0 Å². The van der Waals surface area contributed by atoms with Crippen LogP contribution in [0.25, 0.3) is 16.5 Å². The van der Waals surface area contributed by atoms with E-state index in [4.69, 9.17) is 0 Å². The Hall–Kier alpha value is -2.10. The molecule has 0 saturated carbocycles. The maximum atomic E-state index is 9.36. The molecule has 3 nitrogen and oxygen atoms in total. The molecule has 2 N–H and O–H groups in total. The SMILES string of the molecule is CCC(CO)NCc1cc(C)n(-c2cccc3ccccc23)c1C. The molecule has 24 heavy (non-hydrogen) atoms. The molecule has 126 valence electrons. The van der Waals surface area contributed by atoms with Crippen LogP contribution in [0, 0.1) is 13.8 Å². The van der Waals surface area contributed by atoms with Crippen LogP contribution in [0.4, 0.5) is 0 Å². The molecule has 0 spiro atoms. The van der Waals surface area contributed by atoms with Crippen molar-refractivity contribution < 1.29 is 5.11 Å². The fourth-order valence-electron chi connectivity index (χ4n) is 3.37. The topological polar surface area (TPSA) is 37.2 Å². The smallest absolute Gasteiger partial charge is 0.0584 e. The quantitative estimate of drug-likeness (QED) is 0.717. The molecule has 1 atom stereocenters. The molecule has 1 heterocycles. The normalized spacial score (nSPS) is 12.7. The van der Waals surface area contributed by atoms with Crippen LogP contribution in [-0.2, 0) is 6.54 Å². The second kappa shape index (κ2) is 7.20. The second-order valence-corrected chi connectivity index (χ2v) is 6.40. The number of fused-ring (bicyclic) bond motifs is 1. The maximum Gasteiger partial charge on any atom is 0.0584 e. The average molecular weight is 322 g/mol. The molecule has 0 bridgehead atoms. The van der Waals surface area contributed by atoms with E-state index in [9.17, 15) is 5.11 Å². The average Bonchev–Trinajstić information content (AvgIpc) is 2.89. The van der Waals surface area contributed by atoms with E-state index in [0.29, 0.717) is 0 Å². The van der Waals surface area contributed by atoms with Crippen LogP contribution in [0.2, 0.25) is 0 Å². The summed E-state index contributed by atoms with van der Waals surface area (Å²) in [5, 5.41) is 15.3. The lowest BCUT2D eigenvalue weighted by Crippen LogP contribution is -2.31. The zero-order valence-corrected chi connectivity index (χ0v) is 14.7. The highest BCUT2D eigenvalue weighted by Crippen LogP contribution is 2.27. The van der Waals surface area contributed by atoms with E-state index >= 15 is 0 Å². The van der Waals surface area contributed by atoms with Crippen LogP contribution in [-0.4, -0.2) is 22.3 Å². The van der Waals surface area contributed by atoms with Gasteiger partial charge in [-0.3, -0.25) is 0 Å². The molecule has 1 aromatic heterocycles. The van der Waals surface area contributed by atoms with Crippen molar-refractivity contribution in [3.05, 3.63) is 65.5 Å². The van der Waals surface area contributed by atoms with Crippen LogP contribution in [0.15, 0.2) is 48.5 Å². The largest absolute Gasteiger partial charge is 0.395 e. The Morgan fingerprint density at radius 2 is 1.83 bits per heavy atom. The third-order valence-corrected chi connectivity index (χ3v) is 4.84. The molecule has 0 aliphatic rings. The standard InChI is InChI=1S/C21H26N2O/c1-4-19(14-24)22-13-18-12-15(2)23(16(18)3)21-11-7-9-17-8-5-6-10-20(17)21/h5-12,19,22,24H,4,13-14H2,1-3H3. The van der Waals surface area contributed by atoms with Gasteiger partial charge in [0, 0.05) is 29.4 Å². The number of aliphatic hydroxyl groups excluding tert-OH is 1. The Balaban J connectivity index is 2.00. The van der Waals surface area contributed by atoms with E-state index in [-0.39, 0.29) is 12.6 Å². The van der Waals surface area contributed by atoms with Gasteiger partial charge in [-0.25, -0.2) is 0 Å². The first kappa shape index (κ1) is 16.7. The molecule has 0 radical (unpaired) electrons. The molecule has 2 aromatic carbocycles. The number of nitrogens with one attached hydrogen (secondary N) is 1. The number of rotatable bonds is 6. The number of nitrogens with zero attached hydrogens (tertiary/aromatic N) is 1. The van der Waals surface area contributed by atoms with Crippen molar-refractivity contribution in [3.8, 4) is 5.69 Å². The van der Waals surface area contributed by atoms with Crippen molar-refractivity contribution in [1.82, 2.24) is 9.88 Å². The highest BCUT2D eigenvalue weighted by molar-refractivity contribution is 5.90. The monoisotopic (exact) mass is 322 g/mol. The van der Waals surface area contributed by atoms with Crippen LogP contribution < -0.4 is 5.32 Å². The molecule has 0 amide bonds. The van der Waals surface area contributed by atoms with Gasteiger partial charge in [0.25, 0.3) is 0 Å². The Morgan fingerprint density at radius 3 is 2.58 bits per heavy atom. The third kappa shape index (κ3) is 3.10. The van der Waals surface area contributed by atoms with E-state index in [1.54, 1.807) is 0 Å². The van der Waals surface area contributed by atoms with E-state index in [0.717, 1.165) is 13.0 Å². The number of aliphatic hydroxyl groups is 1. The third-order valence-electron chi connectivity index (χ3n) is 4.84. The van der Waals surface area contributed by atoms with Gasteiger partial charge in [-0.1, -0.05) is 43.3 Å². The van der Waals surface area contributed by atoms with Crippen molar-refractivity contribution >= 4 is 10.8 Å². The predicted molar refractivity (Wildman–Crippen MR) is 101 cm³/mol. The Kier molecular flexibility index (Phi) is 5.03. The minimum absolute atomic E-state index is 0.158. The summed E-state index contributed by atoms with van der Waals surface area (Å²) < 4.78 is 2.33. The first-order chi connectivity index (χ1) is 11.7. The highest BCUT2D eigenvalue weighted by atomic mass is 16.3. The van der Waals surface area contributed by atoms with Gasteiger partial charge in [0.15, 0.2) is 0 Å². The number of benzene rings is 2. The molecule has 3 aromatic rings. The lowest BCUT2D eigenvalue weighted by atomic mass is 10.1. The lowest BCUT2D eigenvalue weighted by molar-refractivity contribution is 0.238. The van der Waals surface area contributed by atoms with E-state index in [2.05, 4.69) is 79.2 Å². The van der Waals surface area contributed by atoms with Crippen LogP contribution in [0.1, 0.15) is 30.3 Å². The molecule has 0 fully saturated rings. The summed E-state index contributed by atoms with van der Waals surface area (Å²) in [6, 6.07) is 17.4. The molecule has 0 aliphatic carbocycles. The van der Waals surface area contributed by atoms with Gasteiger partial charge < -0.3 is 15.0 Å². The number of hydrogen-bond acceptors (Lipinski definition) is 2. The van der Waals surface area contributed by atoms with Gasteiger partial charge in [-0.15, -0.1) is 0 Å². The lowest BCUT2D eigenvalue weighted by Gasteiger charge is -2.15. The maximum absolute atomic E-state index is 9.36. The van der Waals surface area contributed by atoms with Crippen LogP contribution in [0.5, 0.6) is 0 Å². The van der Waals surface area contributed by atoms with Gasteiger partial charge in [0.1, 0.15) is 0 Å².